The number of rotatable bonds is 4. The summed E-state index contributed by atoms with van der Waals surface area (Å²) in [5.41, 5.74) is 1.44. The van der Waals surface area contributed by atoms with E-state index >= 15 is 0 Å². The van der Waals surface area contributed by atoms with Crippen LogP contribution in [0.15, 0.2) is 59.4 Å². The number of benzene rings is 1. The van der Waals surface area contributed by atoms with E-state index in [0.29, 0.717) is 29.2 Å². The van der Waals surface area contributed by atoms with Crippen LogP contribution >= 0.6 is 0 Å². The summed E-state index contributed by atoms with van der Waals surface area (Å²) in [6.07, 6.45) is 3.72. The summed E-state index contributed by atoms with van der Waals surface area (Å²) in [6, 6.07) is 11.7. The van der Waals surface area contributed by atoms with Gasteiger partial charge >= 0.3 is 0 Å². The fourth-order valence-electron chi connectivity index (χ4n) is 3.06. The average Bonchev–Trinajstić information content (AvgIpc) is 3.34. The Morgan fingerprint density at radius 1 is 1.19 bits per heavy atom. The van der Waals surface area contributed by atoms with Gasteiger partial charge in [-0.15, -0.1) is 10.2 Å². The number of nitrogens with one attached hydrogen (secondary N) is 1. The van der Waals surface area contributed by atoms with E-state index in [9.17, 15) is 9.18 Å². The summed E-state index contributed by atoms with van der Waals surface area (Å²) in [5, 5.41) is 11.4. The lowest BCUT2D eigenvalue weighted by molar-refractivity contribution is 0.0939. The third-order valence-electron chi connectivity index (χ3n) is 4.43. The van der Waals surface area contributed by atoms with Gasteiger partial charge in [-0.3, -0.25) is 4.79 Å². The van der Waals surface area contributed by atoms with Gasteiger partial charge in [-0.05, 0) is 36.8 Å². The second-order valence-electron chi connectivity index (χ2n) is 6.17. The summed E-state index contributed by atoms with van der Waals surface area (Å²) in [7, 11) is 0. The smallest absolute Gasteiger partial charge is 0.254 e. The third-order valence-corrected chi connectivity index (χ3v) is 4.43. The molecule has 1 N–H and O–H groups in total. The van der Waals surface area contributed by atoms with Gasteiger partial charge in [0.15, 0.2) is 5.82 Å². The Bertz CT molecular complexity index is 896. The van der Waals surface area contributed by atoms with Crippen molar-refractivity contribution in [2.75, 3.05) is 18.0 Å². The number of anilines is 1. The van der Waals surface area contributed by atoms with Gasteiger partial charge in [0, 0.05) is 24.7 Å². The predicted molar refractivity (Wildman–Crippen MR) is 94.2 cm³/mol. The Morgan fingerprint density at radius 2 is 2.08 bits per heavy atom. The van der Waals surface area contributed by atoms with Crippen molar-refractivity contribution < 1.29 is 13.6 Å². The first-order chi connectivity index (χ1) is 12.7. The van der Waals surface area contributed by atoms with E-state index in [0.717, 1.165) is 13.0 Å². The van der Waals surface area contributed by atoms with Crippen LogP contribution in [-0.4, -0.2) is 35.2 Å². The molecule has 1 aromatic carbocycles. The summed E-state index contributed by atoms with van der Waals surface area (Å²) < 4.78 is 18.8. The average molecular weight is 352 g/mol. The van der Waals surface area contributed by atoms with Crippen LogP contribution in [0.3, 0.4) is 0 Å². The number of carbonyl (C=O) groups excluding carboxylic acids is 1. The van der Waals surface area contributed by atoms with Crippen LogP contribution in [0.25, 0.3) is 11.3 Å². The largest absolute Gasteiger partial charge is 0.472 e. The number of furan rings is 1. The van der Waals surface area contributed by atoms with Gasteiger partial charge in [-0.25, -0.2) is 4.39 Å². The highest BCUT2D eigenvalue weighted by Crippen LogP contribution is 2.23. The first kappa shape index (κ1) is 16.3. The number of hydrogen-bond acceptors (Lipinski definition) is 5. The second kappa shape index (κ2) is 6.95. The molecule has 7 heteroatoms. The standard InChI is InChI=1S/C19H17FN4O2/c20-16-4-2-1-3-15(16)17-5-6-18(23-22-17)24-9-7-14(11-24)21-19(25)13-8-10-26-12-13/h1-6,8,10,12,14H,7,9,11H2,(H,21,25)/t14-/m1/s1. The molecule has 3 heterocycles. The summed E-state index contributed by atoms with van der Waals surface area (Å²) in [5.74, 6) is 0.245. The molecule has 1 fully saturated rings. The van der Waals surface area contributed by atoms with Gasteiger partial charge in [0.25, 0.3) is 5.91 Å². The Morgan fingerprint density at radius 3 is 2.81 bits per heavy atom. The molecular weight excluding hydrogens is 335 g/mol. The topological polar surface area (TPSA) is 71.3 Å². The van der Waals surface area contributed by atoms with Gasteiger partial charge in [0.05, 0.1) is 17.5 Å². The SMILES string of the molecule is O=C(N[C@@H]1CCN(c2ccc(-c3ccccc3F)nn2)C1)c1ccoc1. The summed E-state index contributed by atoms with van der Waals surface area (Å²) in [6.45, 7) is 1.42. The van der Waals surface area contributed by atoms with Crippen molar-refractivity contribution in [2.45, 2.75) is 12.5 Å². The molecule has 1 atom stereocenters. The lowest BCUT2D eigenvalue weighted by atomic mass is 10.1. The number of amides is 1. The lowest BCUT2D eigenvalue weighted by Gasteiger charge is -2.17. The molecule has 1 saturated heterocycles. The van der Waals surface area contributed by atoms with Gasteiger partial charge < -0.3 is 14.6 Å². The molecule has 0 saturated carbocycles. The highest BCUT2D eigenvalue weighted by atomic mass is 19.1. The second-order valence-corrected chi connectivity index (χ2v) is 6.17. The van der Waals surface area contributed by atoms with Gasteiger partial charge in [-0.2, -0.15) is 0 Å². The first-order valence-corrected chi connectivity index (χ1v) is 8.37. The number of hydrogen-bond donors (Lipinski definition) is 1. The molecule has 3 aromatic rings. The van der Waals surface area contributed by atoms with Crippen molar-refractivity contribution >= 4 is 11.7 Å². The minimum atomic E-state index is -0.322. The number of nitrogens with zero attached hydrogens (tertiary/aromatic N) is 3. The summed E-state index contributed by atoms with van der Waals surface area (Å²) >= 11 is 0. The Kier molecular flexibility index (Phi) is 4.35. The Hall–Kier alpha value is -3.22. The summed E-state index contributed by atoms with van der Waals surface area (Å²) in [4.78, 5) is 14.1. The number of aromatic nitrogens is 2. The molecule has 0 aliphatic carbocycles. The zero-order valence-corrected chi connectivity index (χ0v) is 13.9. The van der Waals surface area contributed by atoms with Crippen molar-refractivity contribution in [2.24, 2.45) is 0 Å². The van der Waals surface area contributed by atoms with Crippen molar-refractivity contribution in [3.8, 4) is 11.3 Å². The zero-order chi connectivity index (χ0) is 17.9. The Labute approximate surface area is 149 Å². The molecule has 0 bridgehead atoms. The predicted octanol–water partition coefficient (Wildman–Crippen LogP) is 2.88. The lowest BCUT2D eigenvalue weighted by Crippen LogP contribution is -2.37. The molecule has 26 heavy (non-hydrogen) atoms. The first-order valence-electron chi connectivity index (χ1n) is 8.37. The van der Waals surface area contributed by atoms with E-state index in [2.05, 4.69) is 20.4 Å². The van der Waals surface area contributed by atoms with Crippen LogP contribution in [0, 0.1) is 5.82 Å². The number of halogens is 1. The van der Waals surface area contributed by atoms with E-state index in [1.807, 2.05) is 6.07 Å². The van der Waals surface area contributed by atoms with Gasteiger partial charge in [0.2, 0.25) is 0 Å². The molecule has 4 rings (SSSR count). The van der Waals surface area contributed by atoms with Crippen LogP contribution in [0.1, 0.15) is 16.8 Å². The maximum absolute atomic E-state index is 13.8. The molecule has 0 unspecified atom stereocenters. The molecule has 1 aliphatic heterocycles. The van der Waals surface area contributed by atoms with E-state index < -0.39 is 0 Å². The molecule has 132 valence electrons. The minimum Gasteiger partial charge on any atom is -0.472 e. The van der Waals surface area contributed by atoms with Crippen molar-refractivity contribution in [3.63, 3.8) is 0 Å². The minimum absolute atomic E-state index is 0.0328. The molecule has 1 aliphatic rings. The zero-order valence-electron chi connectivity index (χ0n) is 13.9. The van der Waals surface area contributed by atoms with Gasteiger partial charge in [0.1, 0.15) is 12.1 Å². The molecule has 0 spiro atoms. The quantitative estimate of drug-likeness (QED) is 0.782. The maximum Gasteiger partial charge on any atom is 0.254 e. The van der Waals surface area contributed by atoms with Crippen molar-refractivity contribution in [1.82, 2.24) is 15.5 Å². The fraction of sp³-hybridized carbons (Fsp3) is 0.211. The van der Waals surface area contributed by atoms with E-state index in [4.69, 9.17) is 4.42 Å². The van der Waals surface area contributed by atoms with Gasteiger partial charge in [-0.1, -0.05) is 12.1 Å². The van der Waals surface area contributed by atoms with E-state index in [1.165, 1.54) is 18.6 Å². The fourth-order valence-corrected chi connectivity index (χ4v) is 3.06. The molecule has 6 nitrogen and oxygen atoms in total. The van der Waals surface area contributed by atoms with Crippen LogP contribution in [0.5, 0.6) is 0 Å². The van der Waals surface area contributed by atoms with Crippen LogP contribution < -0.4 is 10.2 Å². The van der Waals surface area contributed by atoms with E-state index in [1.54, 1.807) is 30.3 Å². The van der Waals surface area contributed by atoms with Crippen LogP contribution in [-0.2, 0) is 0 Å². The van der Waals surface area contributed by atoms with Crippen molar-refractivity contribution in [3.05, 3.63) is 66.4 Å². The molecule has 2 aromatic heterocycles. The monoisotopic (exact) mass is 352 g/mol. The normalized spacial score (nSPS) is 16.7. The van der Waals surface area contributed by atoms with Crippen LogP contribution in [0.4, 0.5) is 10.2 Å². The van der Waals surface area contributed by atoms with E-state index in [-0.39, 0.29) is 17.8 Å². The Balaban J connectivity index is 1.41. The molecule has 0 radical (unpaired) electrons. The number of carbonyl (C=O) groups is 1. The van der Waals surface area contributed by atoms with Crippen molar-refractivity contribution in [1.29, 1.82) is 0 Å². The third kappa shape index (κ3) is 3.28. The highest BCUT2D eigenvalue weighted by Gasteiger charge is 2.25. The highest BCUT2D eigenvalue weighted by molar-refractivity contribution is 5.94. The maximum atomic E-state index is 13.8. The van der Waals surface area contributed by atoms with Crippen LogP contribution in [0.2, 0.25) is 0 Å². The molecular formula is C19H17FN4O2. The molecule has 1 amide bonds.